The summed E-state index contributed by atoms with van der Waals surface area (Å²) in [7, 11) is 2.14. The molecule has 2 rings (SSSR count). The zero-order chi connectivity index (χ0) is 14.0. The number of nitrogens with two attached hydrogens (primary N) is 1. The Morgan fingerprint density at radius 3 is 2.79 bits per heavy atom. The Labute approximate surface area is 115 Å². The predicted molar refractivity (Wildman–Crippen MR) is 77.9 cm³/mol. The van der Waals surface area contributed by atoms with Gasteiger partial charge >= 0.3 is 0 Å². The minimum atomic E-state index is -0.158. The average Bonchev–Trinajstić information content (AvgIpc) is 2.39. The first-order valence-electron chi connectivity index (χ1n) is 7.03. The fraction of sp³-hybridized carbons (Fsp3) is 0.600. The van der Waals surface area contributed by atoms with Crippen LogP contribution < -0.4 is 10.6 Å². The first-order chi connectivity index (χ1) is 9.04. The summed E-state index contributed by atoms with van der Waals surface area (Å²) in [5, 5.41) is 0. The monoisotopic (exact) mass is 265 g/mol. The Kier molecular flexibility index (Phi) is 4.42. The van der Waals surface area contributed by atoms with Crippen molar-refractivity contribution >= 4 is 5.69 Å². The number of halogens is 1. The van der Waals surface area contributed by atoms with E-state index >= 15 is 0 Å². The van der Waals surface area contributed by atoms with Crippen molar-refractivity contribution in [3.63, 3.8) is 0 Å². The highest BCUT2D eigenvalue weighted by Crippen LogP contribution is 2.30. The number of hydrogen-bond acceptors (Lipinski definition) is 3. The summed E-state index contributed by atoms with van der Waals surface area (Å²) in [5.74, 6) is -0.158. The minimum Gasteiger partial charge on any atom is -0.366 e. The number of piperazine rings is 1. The molecular formula is C15H24FN3. The van der Waals surface area contributed by atoms with Crippen LogP contribution in [0, 0.1) is 5.82 Å². The molecule has 1 fully saturated rings. The third-order valence-corrected chi connectivity index (χ3v) is 4.07. The highest BCUT2D eigenvalue weighted by atomic mass is 19.1. The molecule has 1 aromatic carbocycles. The fourth-order valence-corrected chi connectivity index (χ4v) is 2.82. The molecule has 0 saturated carbocycles. The molecule has 4 heteroatoms. The van der Waals surface area contributed by atoms with Gasteiger partial charge in [0.25, 0.3) is 0 Å². The second kappa shape index (κ2) is 5.88. The van der Waals surface area contributed by atoms with Crippen LogP contribution >= 0.6 is 0 Å². The second-order valence-electron chi connectivity index (χ2n) is 5.46. The van der Waals surface area contributed by atoms with Crippen LogP contribution in [0.15, 0.2) is 18.2 Å². The molecule has 1 aliphatic rings. The van der Waals surface area contributed by atoms with Crippen LogP contribution in [0.25, 0.3) is 0 Å². The number of likely N-dealkylation sites (N-methyl/N-ethyl adjacent to an activating group) is 1. The fourth-order valence-electron chi connectivity index (χ4n) is 2.82. The van der Waals surface area contributed by atoms with Gasteiger partial charge in [0.15, 0.2) is 0 Å². The molecule has 2 N–H and O–H groups in total. The number of anilines is 1. The number of para-hydroxylation sites is 1. The van der Waals surface area contributed by atoms with Crippen molar-refractivity contribution in [2.45, 2.75) is 32.4 Å². The van der Waals surface area contributed by atoms with E-state index in [0.29, 0.717) is 11.7 Å². The van der Waals surface area contributed by atoms with Gasteiger partial charge in [-0.25, -0.2) is 4.39 Å². The van der Waals surface area contributed by atoms with Crippen molar-refractivity contribution in [3.05, 3.63) is 29.6 Å². The van der Waals surface area contributed by atoms with E-state index < -0.39 is 0 Å². The molecule has 19 heavy (non-hydrogen) atoms. The minimum absolute atomic E-state index is 0.148. The smallest absolute Gasteiger partial charge is 0.146 e. The van der Waals surface area contributed by atoms with Gasteiger partial charge in [0, 0.05) is 31.7 Å². The van der Waals surface area contributed by atoms with Crippen molar-refractivity contribution in [2.24, 2.45) is 5.73 Å². The van der Waals surface area contributed by atoms with E-state index in [1.54, 1.807) is 6.07 Å². The van der Waals surface area contributed by atoms with Gasteiger partial charge < -0.3 is 10.6 Å². The number of benzene rings is 1. The van der Waals surface area contributed by atoms with Gasteiger partial charge in [-0.3, -0.25) is 4.90 Å². The molecule has 1 heterocycles. The van der Waals surface area contributed by atoms with E-state index in [1.165, 1.54) is 6.07 Å². The van der Waals surface area contributed by atoms with Crippen LogP contribution in [0.3, 0.4) is 0 Å². The maximum absolute atomic E-state index is 14.2. The molecule has 0 amide bonds. The third-order valence-electron chi connectivity index (χ3n) is 4.07. The lowest BCUT2D eigenvalue weighted by Gasteiger charge is -2.41. The van der Waals surface area contributed by atoms with Gasteiger partial charge in [-0.15, -0.1) is 0 Å². The van der Waals surface area contributed by atoms with Gasteiger partial charge in [0.1, 0.15) is 5.82 Å². The van der Waals surface area contributed by atoms with Crippen molar-refractivity contribution in [2.75, 3.05) is 31.6 Å². The quantitative estimate of drug-likeness (QED) is 0.910. The van der Waals surface area contributed by atoms with Gasteiger partial charge in [-0.05, 0) is 32.0 Å². The van der Waals surface area contributed by atoms with Gasteiger partial charge in [-0.1, -0.05) is 19.1 Å². The maximum Gasteiger partial charge on any atom is 0.146 e. The predicted octanol–water partition coefficient (Wildman–Crippen LogP) is 2.38. The first kappa shape index (κ1) is 14.3. The molecule has 2 unspecified atom stereocenters. The molecular weight excluding hydrogens is 241 g/mol. The summed E-state index contributed by atoms with van der Waals surface area (Å²) in [6.07, 6.45) is 1.08. The molecule has 3 nitrogen and oxygen atoms in total. The van der Waals surface area contributed by atoms with Crippen LogP contribution in [0.2, 0.25) is 0 Å². The van der Waals surface area contributed by atoms with Gasteiger partial charge in [-0.2, -0.15) is 0 Å². The Balaban J connectivity index is 2.31. The molecule has 0 aromatic heterocycles. The average molecular weight is 265 g/mol. The summed E-state index contributed by atoms with van der Waals surface area (Å²) in [5.41, 5.74) is 7.58. The largest absolute Gasteiger partial charge is 0.366 e. The van der Waals surface area contributed by atoms with Crippen LogP contribution in [0.5, 0.6) is 0 Å². The standard InChI is InChI=1S/C15H24FN3/c1-4-12-10-19(9-8-18(12)3)15-13(11(2)17)6-5-7-14(15)16/h5-7,11-12H,4,8-10,17H2,1-3H3. The van der Waals surface area contributed by atoms with Crippen LogP contribution in [-0.4, -0.2) is 37.6 Å². The summed E-state index contributed by atoms with van der Waals surface area (Å²) < 4.78 is 14.2. The van der Waals surface area contributed by atoms with E-state index in [4.69, 9.17) is 5.73 Å². The van der Waals surface area contributed by atoms with Crippen LogP contribution in [0.1, 0.15) is 31.9 Å². The maximum atomic E-state index is 14.2. The van der Waals surface area contributed by atoms with Gasteiger partial charge in [0.2, 0.25) is 0 Å². The molecule has 2 atom stereocenters. The zero-order valence-corrected chi connectivity index (χ0v) is 12.1. The Morgan fingerprint density at radius 1 is 1.42 bits per heavy atom. The lowest BCUT2D eigenvalue weighted by Crippen LogP contribution is -2.51. The van der Waals surface area contributed by atoms with Crippen molar-refractivity contribution in [3.8, 4) is 0 Å². The normalized spacial score (nSPS) is 22.6. The number of nitrogens with zero attached hydrogens (tertiary/aromatic N) is 2. The van der Waals surface area contributed by atoms with E-state index in [-0.39, 0.29) is 11.9 Å². The van der Waals surface area contributed by atoms with Crippen molar-refractivity contribution in [1.29, 1.82) is 0 Å². The lowest BCUT2D eigenvalue weighted by molar-refractivity contribution is 0.212. The molecule has 1 aromatic rings. The summed E-state index contributed by atoms with van der Waals surface area (Å²) in [6.45, 7) is 6.77. The first-order valence-corrected chi connectivity index (χ1v) is 7.03. The van der Waals surface area contributed by atoms with Crippen molar-refractivity contribution < 1.29 is 4.39 Å². The zero-order valence-electron chi connectivity index (χ0n) is 12.1. The Morgan fingerprint density at radius 2 is 2.16 bits per heavy atom. The van der Waals surface area contributed by atoms with Crippen molar-refractivity contribution in [1.82, 2.24) is 4.90 Å². The second-order valence-corrected chi connectivity index (χ2v) is 5.46. The molecule has 0 aliphatic carbocycles. The number of rotatable bonds is 3. The van der Waals surface area contributed by atoms with E-state index in [1.807, 2.05) is 13.0 Å². The highest BCUT2D eigenvalue weighted by Gasteiger charge is 2.26. The lowest BCUT2D eigenvalue weighted by atomic mass is 10.0. The third kappa shape index (κ3) is 2.90. The molecule has 0 radical (unpaired) electrons. The molecule has 1 saturated heterocycles. The SMILES string of the molecule is CCC1CN(c2c(F)cccc2C(C)N)CCN1C. The Bertz CT molecular complexity index is 433. The highest BCUT2D eigenvalue weighted by molar-refractivity contribution is 5.56. The summed E-state index contributed by atoms with van der Waals surface area (Å²) in [6, 6.07) is 5.54. The molecule has 0 spiro atoms. The van der Waals surface area contributed by atoms with Gasteiger partial charge in [0.05, 0.1) is 5.69 Å². The van der Waals surface area contributed by atoms with E-state index in [2.05, 4.69) is 23.8 Å². The van der Waals surface area contributed by atoms with Crippen LogP contribution in [0.4, 0.5) is 10.1 Å². The van der Waals surface area contributed by atoms with E-state index in [9.17, 15) is 4.39 Å². The van der Waals surface area contributed by atoms with E-state index in [0.717, 1.165) is 31.6 Å². The Hall–Kier alpha value is -1.13. The summed E-state index contributed by atoms with van der Waals surface area (Å²) >= 11 is 0. The van der Waals surface area contributed by atoms with Crippen LogP contribution in [-0.2, 0) is 0 Å². The molecule has 0 bridgehead atoms. The summed E-state index contributed by atoms with van der Waals surface area (Å²) in [4.78, 5) is 4.51. The topological polar surface area (TPSA) is 32.5 Å². The molecule has 106 valence electrons. The molecule has 1 aliphatic heterocycles. The number of hydrogen-bond donors (Lipinski definition) is 1.